The molecule has 0 aromatic rings. The lowest BCUT2D eigenvalue weighted by Crippen LogP contribution is -2.31. The fraction of sp³-hybridized carbons (Fsp3) is 1.00. The van der Waals surface area contributed by atoms with Crippen LogP contribution in [0.5, 0.6) is 0 Å². The summed E-state index contributed by atoms with van der Waals surface area (Å²) in [6.45, 7) is 2.34. The Morgan fingerprint density at radius 2 is 2.23 bits per heavy atom. The fourth-order valence-electron chi connectivity index (χ4n) is 0.540. The first-order chi connectivity index (χ1) is 6.06. The summed E-state index contributed by atoms with van der Waals surface area (Å²) in [6.07, 6.45) is -0.498. The second-order valence-corrected chi connectivity index (χ2v) is 3.51. The van der Waals surface area contributed by atoms with Gasteiger partial charge in [-0.05, 0) is 13.0 Å². The van der Waals surface area contributed by atoms with Crippen LogP contribution in [0.25, 0.3) is 0 Å². The summed E-state index contributed by atoms with van der Waals surface area (Å²) in [5.41, 5.74) is 0. The van der Waals surface area contributed by atoms with E-state index in [2.05, 4.69) is 14.4 Å². The van der Waals surface area contributed by atoms with Crippen LogP contribution in [0.15, 0.2) is 0 Å². The molecule has 7 nitrogen and oxygen atoms in total. The summed E-state index contributed by atoms with van der Waals surface area (Å²) >= 11 is 0. The van der Waals surface area contributed by atoms with E-state index >= 15 is 0 Å². The molecule has 0 aromatic heterocycles. The highest BCUT2D eigenvalue weighted by atomic mass is 31.2. The van der Waals surface area contributed by atoms with Crippen molar-refractivity contribution in [1.82, 2.24) is 5.32 Å². The van der Waals surface area contributed by atoms with E-state index in [1.54, 1.807) is 0 Å². The molecule has 0 fully saturated rings. The maximum absolute atomic E-state index is 10.2. The van der Waals surface area contributed by atoms with Crippen molar-refractivity contribution in [2.45, 2.75) is 19.8 Å². The Labute approximate surface area is 77.6 Å². The predicted molar refractivity (Wildman–Crippen MR) is 46.8 cm³/mol. The quantitative estimate of drug-likeness (QED) is 0.359. The Kier molecular flexibility index (Phi) is 8.04. The molecule has 13 heavy (non-hydrogen) atoms. The summed E-state index contributed by atoms with van der Waals surface area (Å²) in [7, 11) is -5.77. The molecule has 4 N–H and O–H groups in total. The highest BCUT2D eigenvalue weighted by Gasteiger charge is 2.15. The zero-order valence-electron chi connectivity index (χ0n) is 7.01. The van der Waals surface area contributed by atoms with Crippen molar-refractivity contribution in [3.8, 4) is 0 Å². The van der Waals surface area contributed by atoms with Gasteiger partial charge in [0.15, 0.2) is 0 Å². The molecule has 0 saturated carbocycles. The maximum atomic E-state index is 10.2. The van der Waals surface area contributed by atoms with Crippen LogP contribution in [0.2, 0.25) is 0 Å². The van der Waals surface area contributed by atoms with Crippen molar-refractivity contribution in [1.29, 1.82) is 0 Å². The van der Waals surface area contributed by atoms with Gasteiger partial charge in [0.1, 0.15) is 0 Å². The molecule has 0 radical (unpaired) electrons. The van der Waals surface area contributed by atoms with Crippen molar-refractivity contribution in [3.05, 3.63) is 0 Å². The third-order valence-electron chi connectivity index (χ3n) is 0.959. The Hall–Kier alpha value is 0.420. The first-order valence-corrected chi connectivity index (χ1v) is 5.96. The minimum absolute atomic E-state index is 0.475. The van der Waals surface area contributed by atoms with E-state index in [0.717, 1.165) is 6.42 Å². The van der Waals surface area contributed by atoms with Crippen molar-refractivity contribution in [3.63, 3.8) is 0 Å². The topological polar surface area (TPSA) is 108 Å². The Morgan fingerprint density at radius 1 is 1.62 bits per heavy atom. The normalized spacial score (nSPS) is 16.1. The molecular weight excluding hydrogens is 220 g/mol. The minimum atomic E-state index is -3.16. The van der Waals surface area contributed by atoms with Crippen LogP contribution in [0.1, 0.15) is 13.3 Å². The molecule has 0 aliphatic rings. The van der Waals surface area contributed by atoms with Gasteiger partial charge < -0.3 is 14.7 Å². The van der Waals surface area contributed by atoms with E-state index in [1.807, 2.05) is 6.92 Å². The molecule has 0 saturated heterocycles. The van der Waals surface area contributed by atoms with Crippen molar-refractivity contribution in [2.75, 3.05) is 6.54 Å². The average molecular weight is 233 g/mol. The highest BCUT2D eigenvalue weighted by molar-refractivity contribution is 7.39. The zero-order chi connectivity index (χ0) is 10.3. The largest absolute Gasteiger partial charge is 0.330 e. The van der Waals surface area contributed by atoms with Crippen molar-refractivity contribution >= 4 is 16.9 Å². The molecule has 2 atom stereocenters. The van der Waals surface area contributed by atoms with Gasteiger partial charge in [-0.1, -0.05) is 6.92 Å². The van der Waals surface area contributed by atoms with Crippen molar-refractivity contribution in [2.24, 2.45) is 0 Å². The Bertz CT molecular complexity index is 156. The van der Waals surface area contributed by atoms with E-state index < -0.39 is 23.3 Å². The van der Waals surface area contributed by atoms with Crippen LogP contribution in [-0.4, -0.2) is 27.6 Å². The Morgan fingerprint density at radius 3 is 2.62 bits per heavy atom. The molecule has 0 rings (SSSR count). The highest BCUT2D eigenvalue weighted by Crippen LogP contribution is 2.29. The van der Waals surface area contributed by atoms with Gasteiger partial charge >= 0.3 is 16.9 Å². The third kappa shape index (κ3) is 8.74. The van der Waals surface area contributed by atoms with Gasteiger partial charge in [-0.3, -0.25) is 18.9 Å². The first-order valence-electron chi connectivity index (χ1n) is 3.54. The maximum Gasteiger partial charge on any atom is 0.330 e. The fourth-order valence-corrected chi connectivity index (χ4v) is 1.22. The molecule has 2 unspecified atom stereocenters. The second-order valence-electron chi connectivity index (χ2n) is 2.03. The zero-order valence-corrected chi connectivity index (χ0v) is 8.90. The van der Waals surface area contributed by atoms with Gasteiger partial charge in [-0.15, -0.1) is 0 Å². The van der Waals surface area contributed by atoms with Gasteiger partial charge in [0, 0.05) is 0 Å². The molecule has 0 bridgehead atoms. The standard InChI is InChI=1S/C4H13NO6P2/c1-2-3-5-4(10-12(6)7)11-13(8)9/h4-7,13H,2-3H2,1H3,(H,8,9). The summed E-state index contributed by atoms with van der Waals surface area (Å²) < 4.78 is 18.9. The van der Waals surface area contributed by atoms with Gasteiger partial charge in [-0.25, -0.2) is 0 Å². The molecule has 0 aliphatic carbocycles. The number of nitrogens with one attached hydrogen (secondary N) is 1. The molecule has 0 heterocycles. The molecule has 80 valence electrons. The van der Waals surface area contributed by atoms with E-state index in [-0.39, 0.29) is 0 Å². The molecule has 0 aromatic carbocycles. The van der Waals surface area contributed by atoms with Crippen LogP contribution in [-0.2, 0) is 13.6 Å². The number of hydrogen-bond donors (Lipinski definition) is 4. The van der Waals surface area contributed by atoms with Crippen molar-refractivity contribution < 1.29 is 28.3 Å². The lowest BCUT2D eigenvalue weighted by Gasteiger charge is -2.17. The molecular formula is C4H13NO6P2. The summed E-state index contributed by atoms with van der Waals surface area (Å²) in [6, 6.07) is 0. The van der Waals surface area contributed by atoms with E-state index in [9.17, 15) is 4.57 Å². The van der Waals surface area contributed by atoms with Gasteiger partial charge in [0.2, 0.25) is 6.41 Å². The summed E-state index contributed by atoms with van der Waals surface area (Å²) in [4.78, 5) is 25.3. The average Bonchev–Trinajstić information content (AvgIpc) is 1.98. The molecule has 9 heteroatoms. The van der Waals surface area contributed by atoms with Crippen LogP contribution in [0, 0.1) is 0 Å². The monoisotopic (exact) mass is 233 g/mol. The smallest absolute Gasteiger partial charge is 0.328 e. The number of hydrogen-bond acceptors (Lipinski definition) is 6. The van der Waals surface area contributed by atoms with Crippen LogP contribution >= 0.6 is 16.9 Å². The van der Waals surface area contributed by atoms with Gasteiger partial charge in [0.25, 0.3) is 0 Å². The summed E-state index contributed by atoms with van der Waals surface area (Å²) in [5.74, 6) is 0. The molecule has 0 spiro atoms. The number of rotatable bonds is 7. The van der Waals surface area contributed by atoms with E-state index in [4.69, 9.17) is 14.7 Å². The van der Waals surface area contributed by atoms with Gasteiger partial charge in [-0.2, -0.15) is 0 Å². The van der Waals surface area contributed by atoms with Crippen LogP contribution in [0.4, 0.5) is 0 Å². The SMILES string of the molecule is CCCNC(OP(O)O)O[PH](=O)O. The lowest BCUT2D eigenvalue weighted by atomic mass is 10.5. The Balaban J connectivity index is 3.80. The van der Waals surface area contributed by atoms with E-state index in [1.165, 1.54) is 0 Å². The van der Waals surface area contributed by atoms with Crippen LogP contribution < -0.4 is 5.32 Å². The predicted octanol–water partition coefficient (Wildman–Crippen LogP) is -0.104. The van der Waals surface area contributed by atoms with E-state index in [0.29, 0.717) is 6.54 Å². The first kappa shape index (κ1) is 13.4. The summed E-state index contributed by atoms with van der Waals surface area (Å²) in [5, 5.41) is 2.55. The van der Waals surface area contributed by atoms with Crippen LogP contribution in [0.3, 0.4) is 0 Å². The third-order valence-corrected chi connectivity index (χ3v) is 1.75. The minimum Gasteiger partial charge on any atom is -0.328 e. The molecule has 0 aliphatic heterocycles. The van der Waals surface area contributed by atoms with Gasteiger partial charge in [0.05, 0.1) is 0 Å². The second kappa shape index (κ2) is 7.79. The molecule has 0 amide bonds. The lowest BCUT2D eigenvalue weighted by molar-refractivity contribution is -0.0297.